The molecule has 2 saturated heterocycles. The molecule has 8 heteroatoms. The first kappa shape index (κ1) is 23.2. The standard InChI is InChI=1S/C27H33N5O3/c1-3-32-24-10-5-4-9-23(24)28-25(27(32)34)30-13-11-20(12-14-30)26(33)31-17-15-29(16-18-31)21-7-6-8-22(19-21)35-2/h4-10,19-20H,3,11-18H2,1-2H3. The Kier molecular flexibility index (Phi) is 6.61. The quantitative estimate of drug-likeness (QED) is 0.565. The molecule has 0 unspecified atom stereocenters. The average molecular weight is 476 g/mol. The number of piperidine rings is 1. The smallest absolute Gasteiger partial charge is 0.293 e. The van der Waals surface area contributed by atoms with Gasteiger partial charge >= 0.3 is 0 Å². The van der Waals surface area contributed by atoms with Gasteiger partial charge in [-0.15, -0.1) is 0 Å². The number of methoxy groups -OCH3 is 1. The minimum absolute atomic E-state index is 0.00322. The van der Waals surface area contributed by atoms with E-state index in [1.165, 1.54) is 0 Å². The number of aryl methyl sites for hydroxylation is 1. The molecule has 3 heterocycles. The van der Waals surface area contributed by atoms with Crippen LogP contribution in [-0.2, 0) is 11.3 Å². The van der Waals surface area contributed by atoms with Crippen LogP contribution in [0.5, 0.6) is 5.75 Å². The second kappa shape index (κ2) is 9.98. The second-order valence-corrected chi connectivity index (χ2v) is 9.25. The number of hydrogen-bond donors (Lipinski definition) is 0. The molecule has 0 spiro atoms. The largest absolute Gasteiger partial charge is 0.497 e. The number of para-hydroxylation sites is 2. The molecule has 0 aliphatic carbocycles. The Morgan fingerprint density at radius 1 is 0.971 bits per heavy atom. The zero-order valence-corrected chi connectivity index (χ0v) is 20.5. The fourth-order valence-electron chi connectivity index (χ4n) is 5.29. The number of anilines is 2. The van der Waals surface area contributed by atoms with Crippen molar-refractivity contribution in [1.82, 2.24) is 14.5 Å². The number of piperazine rings is 1. The Bertz CT molecular complexity index is 1260. The van der Waals surface area contributed by atoms with E-state index in [2.05, 4.69) is 15.9 Å². The summed E-state index contributed by atoms with van der Waals surface area (Å²) in [7, 11) is 1.68. The predicted octanol–water partition coefficient (Wildman–Crippen LogP) is 2.99. The van der Waals surface area contributed by atoms with Gasteiger partial charge in [0.1, 0.15) is 5.75 Å². The number of hydrogen-bond acceptors (Lipinski definition) is 6. The number of carbonyl (C=O) groups excluding carboxylic acids is 1. The van der Waals surface area contributed by atoms with Crippen molar-refractivity contribution in [2.75, 3.05) is 56.2 Å². The van der Waals surface area contributed by atoms with E-state index in [-0.39, 0.29) is 17.4 Å². The highest BCUT2D eigenvalue weighted by Gasteiger charge is 2.31. The molecule has 0 N–H and O–H groups in total. The van der Waals surface area contributed by atoms with Gasteiger partial charge in [-0.25, -0.2) is 4.98 Å². The molecule has 1 amide bonds. The topological polar surface area (TPSA) is 70.9 Å². The molecule has 0 radical (unpaired) electrons. The molecular weight excluding hydrogens is 442 g/mol. The summed E-state index contributed by atoms with van der Waals surface area (Å²) in [4.78, 5) is 37.5. The maximum Gasteiger partial charge on any atom is 0.293 e. The molecule has 0 saturated carbocycles. The molecule has 2 fully saturated rings. The lowest BCUT2D eigenvalue weighted by Gasteiger charge is -2.39. The number of fused-ring (bicyclic) bond motifs is 1. The fourth-order valence-corrected chi connectivity index (χ4v) is 5.29. The number of carbonyl (C=O) groups is 1. The van der Waals surface area contributed by atoms with Crippen LogP contribution in [-0.4, -0.2) is 66.7 Å². The number of ether oxygens (including phenoxy) is 1. The van der Waals surface area contributed by atoms with Crippen LogP contribution in [0.2, 0.25) is 0 Å². The minimum atomic E-state index is -0.0513. The van der Waals surface area contributed by atoms with Crippen molar-refractivity contribution < 1.29 is 9.53 Å². The van der Waals surface area contributed by atoms with E-state index >= 15 is 0 Å². The van der Waals surface area contributed by atoms with Gasteiger partial charge in [-0.3, -0.25) is 9.59 Å². The van der Waals surface area contributed by atoms with Crippen molar-refractivity contribution in [2.24, 2.45) is 5.92 Å². The molecule has 5 rings (SSSR count). The Labute approximate surface area is 205 Å². The van der Waals surface area contributed by atoms with E-state index in [4.69, 9.17) is 9.72 Å². The van der Waals surface area contributed by atoms with Crippen LogP contribution >= 0.6 is 0 Å². The molecule has 1 aromatic heterocycles. The molecule has 2 aliphatic heterocycles. The number of aromatic nitrogens is 2. The highest BCUT2D eigenvalue weighted by atomic mass is 16.5. The van der Waals surface area contributed by atoms with Crippen LogP contribution in [0.3, 0.4) is 0 Å². The Morgan fingerprint density at radius 3 is 2.43 bits per heavy atom. The fraction of sp³-hybridized carbons (Fsp3) is 0.444. The maximum atomic E-state index is 13.3. The molecule has 184 valence electrons. The molecule has 3 aromatic rings. The first-order chi connectivity index (χ1) is 17.1. The van der Waals surface area contributed by atoms with Crippen molar-refractivity contribution in [1.29, 1.82) is 0 Å². The highest BCUT2D eigenvalue weighted by Crippen LogP contribution is 2.26. The lowest BCUT2D eigenvalue weighted by Crippen LogP contribution is -2.52. The third-order valence-electron chi connectivity index (χ3n) is 7.31. The number of benzene rings is 2. The van der Waals surface area contributed by atoms with Gasteiger partial charge < -0.3 is 24.0 Å². The van der Waals surface area contributed by atoms with Gasteiger partial charge in [-0.1, -0.05) is 18.2 Å². The van der Waals surface area contributed by atoms with Gasteiger partial charge in [-0.2, -0.15) is 0 Å². The lowest BCUT2D eigenvalue weighted by atomic mass is 9.95. The summed E-state index contributed by atoms with van der Waals surface area (Å²) in [6.45, 7) is 7.01. The highest BCUT2D eigenvalue weighted by molar-refractivity contribution is 5.80. The molecule has 2 aromatic carbocycles. The van der Waals surface area contributed by atoms with Gasteiger partial charge in [0.2, 0.25) is 5.91 Å². The first-order valence-corrected chi connectivity index (χ1v) is 12.5. The third kappa shape index (κ3) is 4.57. The molecular formula is C27H33N5O3. The zero-order valence-electron chi connectivity index (χ0n) is 20.5. The van der Waals surface area contributed by atoms with Gasteiger partial charge in [0.05, 0.1) is 18.1 Å². The molecule has 35 heavy (non-hydrogen) atoms. The molecule has 0 bridgehead atoms. The third-order valence-corrected chi connectivity index (χ3v) is 7.31. The predicted molar refractivity (Wildman–Crippen MR) is 138 cm³/mol. The zero-order chi connectivity index (χ0) is 24.4. The summed E-state index contributed by atoms with van der Waals surface area (Å²) in [6, 6.07) is 15.8. The number of amides is 1. The van der Waals surface area contributed by atoms with E-state index in [9.17, 15) is 9.59 Å². The van der Waals surface area contributed by atoms with Gasteiger partial charge in [0.25, 0.3) is 5.56 Å². The van der Waals surface area contributed by atoms with Gasteiger partial charge in [0, 0.05) is 63.5 Å². The summed E-state index contributed by atoms with van der Waals surface area (Å²) >= 11 is 0. The summed E-state index contributed by atoms with van der Waals surface area (Å²) in [5, 5.41) is 0. The second-order valence-electron chi connectivity index (χ2n) is 9.25. The monoisotopic (exact) mass is 475 g/mol. The number of rotatable bonds is 5. The molecule has 2 aliphatic rings. The minimum Gasteiger partial charge on any atom is -0.497 e. The van der Waals surface area contributed by atoms with Gasteiger partial charge in [-0.05, 0) is 44.0 Å². The van der Waals surface area contributed by atoms with Crippen LogP contribution in [0.4, 0.5) is 11.5 Å². The van der Waals surface area contributed by atoms with Crippen LogP contribution in [0.15, 0.2) is 53.3 Å². The summed E-state index contributed by atoms with van der Waals surface area (Å²) in [5.74, 6) is 1.60. The Balaban J connectivity index is 1.21. The van der Waals surface area contributed by atoms with Crippen molar-refractivity contribution in [3.05, 3.63) is 58.9 Å². The summed E-state index contributed by atoms with van der Waals surface area (Å²) in [6.07, 6.45) is 1.49. The summed E-state index contributed by atoms with van der Waals surface area (Å²) in [5.41, 5.74) is 2.77. The maximum absolute atomic E-state index is 13.3. The van der Waals surface area contributed by atoms with E-state index in [1.807, 2.05) is 54.3 Å². The van der Waals surface area contributed by atoms with Gasteiger partial charge in [0.15, 0.2) is 5.82 Å². The van der Waals surface area contributed by atoms with Crippen LogP contribution < -0.4 is 20.1 Å². The van der Waals surface area contributed by atoms with E-state index in [0.717, 1.165) is 61.5 Å². The lowest BCUT2D eigenvalue weighted by molar-refractivity contribution is -0.136. The van der Waals surface area contributed by atoms with Crippen LogP contribution in [0, 0.1) is 5.92 Å². The normalized spacial score (nSPS) is 17.1. The van der Waals surface area contributed by atoms with Crippen LogP contribution in [0.25, 0.3) is 11.0 Å². The first-order valence-electron chi connectivity index (χ1n) is 12.5. The van der Waals surface area contributed by atoms with Crippen molar-refractivity contribution in [3.8, 4) is 5.75 Å². The summed E-state index contributed by atoms with van der Waals surface area (Å²) < 4.78 is 7.13. The average Bonchev–Trinajstić information content (AvgIpc) is 2.92. The Hall–Kier alpha value is -3.55. The molecule has 0 atom stereocenters. The van der Waals surface area contributed by atoms with E-state index in [1.54, 1.807) is 11.7 Å². The van der Waals surface area contributed by atoms with E-state index in [0.29, 0.717) is 25.5 Å². The van der Waals surface area contributed by atoms with Crippen molar-refractivity contribution >= 4 is 28.4 Å². The SMILES string of the molecule is CCn1c(=O)c(N2CCC(C(=O)N3CCN(c4cccc(OC)c4)CC3)CC2)nc2ccccc21. The van der Waals surface area contributed by atoms with Crippen molar-refractivity contribution in [3.63, 3.8) is 0 Å². The van der Waals surface area contributed by atoms with Crippen LogP contribution in [0.1, 0.15) is 19.8 Å². The van der Waals surface area contributed by atoms with Crippen molar-refractivity contribution in [2.45, 2.75) is 26.3 Å². The number of nitrogens with zero attached hydrogens (tertiary/aromatic N) is 5. The molecule has 8 nitrogen and oxygen atoms in total. The van der Waals surface area contributed by atoms with E-state index < -0.39 is 0 Å². The Morgan fingerprint density at radius 2 is 1.71 bits per heavy atom.